The summed E-state index contributed by atoms with van der Waals surface area (Å²) in [6.07, 6.45) is 1.22. The summed E-state index contributed by atoms with van der Waals surface area (Å²) in [7, 11) is 1.79. The molecule has 10 nitrogen and oxygen atoms in total. The number of benzene rings is 2. The summed E-state index contributed by atoms with van der Waals surface area (Å²) in [5.74, 6) is 0. The van der Waals surface area contributed by atoms with Crippen LogP contribution in [0.2, 0.25) is 5.02 Å². The van der Waals surface area contributed by atoms with Gasteiger partial charge in [-0.3, -0.25) is 4.98 Å². The molecule has 1 aliphatic carbocycles. The van der Waals surface area contributed by atoms with Gasteiger partial charge in [0, 0.05) is 36.4 Å². The van der Waals surface area contributed by atoms with Crippen LogP contribution in [0.1, 0.15) is 56.5 Å². The van der Waals surface area contributed by atoms with Crippen LogP contribution in [0.5, 0.6) is 0 Å². The summed E-state index contributed by atoms with van der Waals surface area (Å²) in [4.78, 5) is 4.45. The van der Waals surface area contributed by atoms with E-state index in [0.29, 0.717) is 63.5 Å². The number of hydrogen-bond acceptors (Lipinski definition) is 8. The highest BCUT2D eigenvalue weighted by atomic mass is 35.5. The SMILES string of the molecule is Cn1nnc2cccc([C@H](Nc3cc(Cl)c4ncc(C#N)c(NCC(C)(C)C)c4c3)c3cn(C4(C(F)F)CC4)nn3)c21. The number of aromatic nitrogens is 7. The number of anilines is 2. The molecule has 2 N–H and O–H groups in total. The molecule has 6 rings (SSSR count). The van der Waals surface area contributed by atoms with Crippen LogP contribution in [0.15, 0.2) is 42.7 Å². The number of alkyl halides is 2. The molecule has 42 heavy (non-hydrogen) atoms. The predicted octanol–water partition coefficient (Wildman–Crippen LogP) is 6.05. The third-order valence-electron chi connectivity index (χ3n) is 7.55. The van der Waals surface area contributed by atoms with E-state index in [-0.39, 0.29) is 5.41 Å². The topological polar surface area (TPSA) is 122 Å². The van der Waals surface area contributed by atoms with Gasteiger partial charge in [0.15, 0.2) is 0 Å². The molecule has 1 atom stereocenters. The number of halogens is 3. The van der Waals surface area contributed by atoms with Gasteiger partial charge in [0.05, 0.1) is 39.5 Å². The van der Waals surface area contributed by atoms with E-state index in [1.807, 2.05) is 24.3 Å². The van der Waals surface area contributed by atoms with Crippen molar-refractivity contribution in [3.63, 3.8) is 0 Å². The number of rotatable bonds is 8. The van der Waals surface area contributed by atoms with Crippen molar-refractivity contribution in [1.82, 2.24) is 35.0 Å². The second-order valence-corrected chi connectivity index (χ2v) is 12.3. The first-order valence-electron chi connectivity index (χ1n) is 13.5. The quantitative estimate of drug-likeness (QED) is 0.224. The van der Waals surface area contributed by atoms with Crippen molar-refractivity contribution in [3.8, 4) is 6.07 Å². The van der Waals surface area contributed by atoms with Crippen LogP contribution < -0.4 is 10.6 Å². The summed E-state index contributed by atoms with van der Waals surface area (Å²) in [6, 6.07) is 10.8. The number of nitriles is 1. The summed E-state index contributed by atoms with van der Waals surface area (Å²) in [5.41, 5.74) is 3.47. The van der Waals surface area contributed by atoms with Gasteiger partial charge in [-0.15, -0.1) is 10.2 Å². The molecular formula is C29H29ClF2N10. The normalized spacial score (nSPS) is 15.2. The molecule has 2 aromatic carbocycles. The highest BCUT2D eigenvalue weighted by Crippen LogP contribution is 2.48. The number of nitrogens with one attached hydrogen (secondary N) is 2. The maximum atomic E-state index is 13.9. The fourth-order valence-corrected chi connectivity index (χ4v) is 5.39. The number of pyridine rings is 1. The van der Waals surface area contributed by atoms with Crippen molar-refractivity contribution in [3.05, 3.63) is 64.6 Å². The van der Waals surface area contributed by atoms with Crippen LogP contribution in [0.25, 0.3) is 21.9 Å². The highest BCUT2D eigenvalue weighted by molar-refractivity contribution is 6.35. The van der Waals surface area contributed by atoms with Crippen LogP contribution in [-0.4, -0.2) is 47.9 Å². The van der Waals surface area contributed by atoms with Gasteiger partial charge in [0.25, 0.3) is 6.43 Å². The minimum Gasteiger partial charge on any atom is -0.383 e. The van der Waals surface area contributed by atoms with Crippen molar-refractivity contribution in [2.24, 2.45) is 12.5 Å². The Hall–Kier alpha value is -4.37. The molecule has 0 aliphatic heterocycles. The molecule has 3 aromatic heterocycles. The number of nitrogens with zero attached hydrogens (tertiary/aromatic N) is 8. The highest BCUT2D eigenvalue weighted by Gasteiger charge is 2.54. The predicted molar refractivity (Wildman–Crippen MR) is 157 cm³/mol. The zero-order valence-corrected chi connectivity index (χ0v) is 24.3. The van der Waals surface area contributed by atoms with E-state index < -0.39 is 18.0 Å². The Kier molecular flexibility index (Phi) is 6.73. The summed E-state index contributed by atoms with van der Waals surface area (Å²) in [6.45, 7) is 6.91. The van der Waals surface area contributed by atoms with Gasteiger partial charge in [-0.05, 0) is 36.5 Å². The first-order chi connectivity index (χ1) is 20.0. The lowest BCUT2D eigenvalue weighted by Crippen LogP contribution is -2.26. The summed E-state index contributed by atoms with van der Waals surface area (Å²) < 4.78 is 30.8. The van der Waals surface area contributed by atoms with E-state index in [2.05, 4.69) is 63.1 Å². The second kappa shape index (κ2) is 10.2. The van der Waals surface area contributed by atoms with E-state index in [0.717, 1.165) is 11.1 Å². The van der Waals surface area contributed by atoms with Crippen molar-refractivity contribution >= 4 is 44.9 Å². The Morgan fingerprint density at radius 3 is 2.64 bits per heavy atom. The molecule has 5 aromatic rings. The molecule has 0 bridgehead atoms. The van der Waals surface area contributed by atoms with E-state index in [9.17, 15) is 14.0 Å². The molecule has 3 heterocycles. The smallest absolute Gasteiger partial charge is 0.263 e. The Bertz CT molecular complexity index is 1850. The van der Waals surface area contributed by atoms with Crippen LogP contribution in [0.4, 0.5) is 20.2 Å². The fourth-order valence-electron chi connectivity index (χ4n) is 5.13. The lowest BCUT2D eigenvalue weighted by Gasteiger charge is -2.22. The molecule has 0 spiro atoms. The third kappa shape index (κ3) is 4.87. The average molecular weight is 591 g/mol. The molecule has 0 radical (unpaired) electrons. The first kappa shape index (κ1) is 27.8. The largest absolute Gasteiger partial charge is 0.383 e. The second-order valence-electron chi connectivity index (χ2n) is 11.9. The standard InChI is InChI=1S/C29H29ClF2N10/c1-28(2,3)15-35-23-16(12-33)13-34-24-19(23)10-17(11-20(24)30)36-25(18-6-5-7-21-26(18)41(4)39-37-21)22-14-42(40-38-22)29(8-9-29)27(31)32/h5-7,10-11,13-14,25,27,36H,8-9,15H2,1-4H3,(H,34,35)/t25-/m0/s1. The van der Waals surface area contributed by atoms with E-state index in [4.69, 9.17) is 11.6 Å². The lowest BCUT2D eigenvalue weighted by molar-refractivity contribution is 0.0593. The molecule has 1 fully saturated rings. The molecular weight excluding hydrogens is 562 g/mol. The molecule has 1 aliphatic rings. The zero-order valence-electron chi connectivity index (χ0n) is 23.5. The number of para-hydroxylation sites is 1. The molecule has 0 amide bonds. The third-order valence-corrected chi connectivity index (χ3v) is 7.84. The molecule has 0 unspecified atom stereocenters. The van der Waals surface area contributed by atoms with Gasteiger partial charge >= 0.3 is 0 Å². The van der Waals surface area contributed by atoms with Crippen LogP contribution in [0, 0.1) is 16.7 Å². The van der Waals surface area contributed by atoms with Crippen molar-refractivity contribution in [2.75, 3.05) is 17.2 Å². The monoisotopic (exact) mass is 590 g/mol. The minimum atomic E-state index is -2.55. The number of aryl methyl sites for hydroxylation is 1. The molecule has 216 valence electrons. The zero-order chi connectivity index (χ0) is 29.8. The van der Waals surface area contributed by atoms with Gasteiger partial charge in [0.2, 0.25) is 0 Å². The maximum absolute atomic E-state index is 13.9. The lowest BCUT2D eigenvalue weighted by atomic mass is 9.96. The number of fused-ring (bicyclic) bond motifs is 2. The summed E-state index contributed by atoms with van der Waals surface area (Å²) >= 11 is 6.75. The Morgan fingerprint density at radius 2 is 1.95 bits per heavy atom. The van der Waals surface area contributed by atoms with Gasteiger partial charge in [-0.2, -0.15) is 5.26 Å². The Labute approximate surface area is 245 Å². The van der Waals surface area contributed by atoms with Crippen LogP contribution in [-0.2, 0) is 12.6 Å². The summed E-state index contributed by atoms with van der Waals surface area (Å²) in [5, 5.41) is 34.7. The van der Waals surface area contributed by atoms with Gasteiger partial charge in [-0.25, -0.2) is 18.1 Å². The van der Waals surface area contributed by atoms with Gasteiger partial charge < -0.3 is 10.6 Å². The average Bonchev–Trinajstić information content (AvgIpc) is 3.47. The van der Waals surface area contributed by atoms with Gasteiger partial charge in [-0.1, -0.05) is 54.9 Å². The molecule has 0 saturated heterocycles. The van der Waals surface area contributed by atoms with Crippen LogP contribution >= 0.6 is 11.6 Å². The van der Waals surface area contributed by atoms with Crippen molar-refractivity contribution < 1.29 is 8.78 Å². The van der Waals surface area contributed by atoms with E-state index >= 15 is 0 Å². The minimum absolute atomic E-state index is 0.0497. The van der Waals surface area contributed by atoms with E-state index in [1.54, 1.807) is 24.0 Å². The maximum Gasteiger partial charge on any atom is 0.263 e. The van der Waals surface area contributed by atoms with Crippen LogP contribution in [0.3, 0.4) is 0 Å². The molecule has 1 saturated carbocycles. The first-order valence-corrected chi connectivity index (χ1v) is 13.9. The fraction of sp³-hybridized carbons (Fsp3) is 0.379. The van der Waals surface area contributed by atoms with E-state index in [1.165, 1.54) is 10.9 Å². The van der Waals surface area contributed by atoms with Crippen molar-refractivity contribution in [2.45, 2.75) is 51.6 Å². The Balaban J connectivity index is 1.49. The molecule has 13 heteroatoms. The Morgan fingerprint density at radius 1 is 1.17 bits per heavy atom. The van der Waals surface area contributed by atoms with Crippen molar-refractivity contribution in [1.29, 1.82) is 5.26 Å². The number of hydrogen-bond donors (Lipinski definition) is 2. The van der Waals surface area contributed by atoms with Gasteiger partial charge in [0.1, 0.15) is 22.8 Å².